The Morgan fingerprint density at radius 3 is 2.33 bits per heavy atom. The van der Waals surface area contributed by atoms with Gasteiger partial charge in [-0.15, -0.1) is 0 Å². The van der Waals surface area contributed by atoms with E-state index in [0.29, 0.717) is 15.8 Å². The Labute approximate surface area is 120 Å². The number of hydrogen-bond acceptors (Lipinski definition) is 1. The molecule has 1 atom stereocenters. The molecule has 18 heavy (non-hydrogen) atoms. The van der Waals surface area contributed by atoms with Crippen molar-refractivity contribution >= 4 is 34.1 Å². The zero-order valence-electron chi connectivity index (χ0n) is 9.86. The third kappa shape index (κ3) is 3.35. The van der Waals surface area contributed by atoms with Crippen molar-refractivity contribution in [3.8, 4) is 5.75 Å². The first-order chi connectivity index (χ1) is 8.56. The standard InChI is InChI=1S/C14H12Cl2OS/c1-18(13-6-4-12(17)5-7-13)9-10-2-3-11(15)8-14(10)16/h2-8H,9H2,1H3/p+1. The lowest BCUT2D eigenvalue weighted by molar-refractivity contribution is 0.475. The largest absolute Gasteiger partial charge is 0.508 e. The van der Waals surface area contributed by atoms with Crippen molar-refractivity contribution in [3.63, 3.8) is 0 Å². The van der Waals surface area contributed by atoms with Crippen LogP contribution in [-0.2, 0) is 16.6 Å². The first-order valence-electron chi connectivity index (χ1n) is 5.42. The fraction of sp³-hybridized carbons (Fsp3) is 0.143. The monoisotopic (exact) mass is 299 g/mol. The van der Waals surface area contributed by atoms with Gasteiger partial charge in [-0.25, -0.2) is 0 Å². The molecule has 0 bridgehead atoms. The first kappa shape index (κ1) is 13.6. The molecular weight excluding hydrogens is 287 g/mol. The summed E-state index contributed by atoms with van der Waals surface area (Å²) < 4.78 is 0. The summed E-state index contributed by atoms with van der Waals surface area (Å²) in [5.74, 6) is 1.17. The third-order valence-electron chi connectivity index (χ3n) is 2.63. The number of rotatable bonds is 3. The van der Waals surface area contributed by atoms with E-state index >= 15 is 0 Å². The molecule has 0 radical (unpaired) electrons. The van der Waals surface area contributed by atoms with Crippen LogP contribution in [0.4, 0.5) is 0 Å². The summed E-state index contributed by atoms with van der Waals surface area (Å²) in [7, 11) is 0.0518. The minimum absolute atomic E-state index is 0.0518. The van der Waals surface area contributed by atoms with Gasteiger partial charge in [-0.1, -0.05) is 29.3 Å². The second-order valence-corrected chi connectivity index (χ2v) is 6.89. The van der Waals surface area contributed by atoms with Crippen LogP contribution in [-0.4, -0.2) is 11.4 Å². The second kappa shape index (κ2) is 5.87. The van der Waals surface area contributed by atoms with Gasteiger partial charge in [-0.05, 0) is 36.4 Å². The Morgan fingerprint density at radius 1 is 1.06 bits per heavy atom. The van der Waals surface area contributed by atoms with Crippen LogP contribution < -0.4 is 0 Å². The fourth-order valence-electron chi connectivity index (χ4n) is 1.63. The van der Waals surface area contributed by atoms with E-state index < -0.39 is 0 Å². The Hall–Kier alpha value is -0.830. The van der Waals surface area contributed by atoms with Gasteiger partial charge in [0.15, 0.2) is 4.90 Å². The molecule has 0 aliphatic heterocycles. The molecule has 1 unspecified atom stereocenters. The molecule has 0 aliphatic carbocycles. The van der Waals surface area contributed by atoms with E-state index in [1.165, 1.54) is 4.90 Å². The molecule has 4 heteroatoms. The Morgan fingerprint density at radius 2 is 1.72 bits per heavy atom. The molecule has 2 rings (SSSR count). The van der Waals surface area contributed by atoms with Crippen molar-refractivity contribution in [1.29, 1.82) is 0 Å². The van der Waals surface area contributed by atoms with Crippen LogP contribution in [0, 0.1) is 0 Å². The zero-order chi connectivity index (χ0) is 13.1. The summed E-state index contributed by atoms with van der Waals surface area (Å²) in [5, 5.41) is 10.6. The van der Waals surface area contributed by atoms with E-state index in [4.69, 9.17) is 23.2 Å². The molecule has 0 amide bonds. The van der Waals surface area contributed by atoms with E-state index in [1.54, 1.807) is 18.2 Å². The summed E-state index contributed by atoms with van der Waals surface area (Å²) in [6.07, 6.45) is 2.16. The molecule has 2 aromatic rings. The lowest BCUT2D eigenvalue weighted by atomic mass is 10.2. The lowest BCUT2D eigenvalue weighted by Gasteiger charge is -2.05. The zero-order valence-corrected chi connectivity index (χ0v) is 12.2. The Balaban J connectivity index is 2.15. The summed E-state index contributed by atoms with van der Waals surface area (Å²) in [4.78, 5) is 1.21. The maximum atomic E-state index is 9.27. The van der Waals surface area contributed by atoms with Crippen molar-refractivity contribution in [1.82, 2.24) is 0 Å². The van der Waals surface area contributed by atoms with Crippen molar-refractivity contribution < 1.29 is 5.11 Å². The van der Waals surface area contributed by atoms with Crippen LogP contribution in [0.15, 0.2) is 47.4 Å². The van der Waals surface area contributed by atoms with Crippen molar-refractivity contribution in [3.05, 3.63) is 58.1 Å². The van der Waals surface area contributed by atoms with E-state index in [0.717, 1.165) is 11.3 Å². The third-order valence-corrected chi connectivity index (χ3v) is 5.03. The number of benzene rings is 2. The van der Waals surface area contributed by atoms with Crippen LogP contribution >= 0.6 is 23.2 Å². The summed E-state index contributed by atoms with van der Waals surface area (Å²) in [6, 6.07) is 12.9. The van der Waals surface area contributed by atoms with Crippen LogP contribution in [0.5, 0.6) is 5.75 Å². The number of halogens is 2. The van der Waals surface area contributed by atoms with Gasteiger partial charge in [0.25, 0.3) is 0 Å². The SMILES string of the molecule is C[S+](Cc1ccc(Cl)cc1Cl)c1ccc(O)cc1. The smallest absolute Gasteiger partial charge is 0.155 e. The van der Waals surface area contributed by atoms with Crippen molar-refractivity contribution in [2.75, 3.05) is 6.26 Å². The summed E-state index contributed by atoms with van der Waals surface area (Å²) >= 11 is 12.0. The predicted molar refractivity (Wildman–Crippen MR) is 79.8 cm³/mol. The highest BCUT2D eigenvalue weighted by molar-refractivity contribution is 7.95. The molecule has 0 saturated heterocycles. The van der Waals surface area contributed by atoms with Crippen molar-refractivity contribution in [2.24, 2.45) is 0 Å². The van der Waals surface area contributed by atoms with Gasteiger partial charge in [0, 0.05) is 26.5 Å². The summed E-state index contributed by atoms with van der Waals surface area (Å²) in [6.45, 7) is 0. The van der Waals surface area contributed by atoms with Crippen LogP contribution in [0.1, 0.15) is 5.56 Å². The number of hydrogen-bond donors (Lipinski definition) is 1. The number of phenolic OH excluding ortho intramolecular Hbond substituents is 1. The molecule has 94 valence electrons. The molecule has 0 spiro atoms. The topological polar surface area (TPSA) is 20.2 Å². The molecule has 0 heterocycles. The quantitative estimate of drug-likeness (QED) is 0.827. The van der Waals surface area contributed by atoms with Gasteiger partial charge >= 0.3 is 0 Å². The molecule has 0 fully saturated rings. The molecule has 0 aliphatic rings. The van der Waals surface area contributed by atoms with Gasteiger partial charge in [-0.2, -0.15) is 0 Å². The van der Waals surface area contributed by atoms with E-state index in [1.807, 2.05) is 24.3 Å². The molecule has 0 aromatic heterocycles. The average molecular weight is 300 g/mol. The number of phenols is 1. The van der Waals surface area contributed by atoms with Crippen LogP contribution in [0.3, 0.4) is 0 Å². The Kier molecular flexibility index (Phi) is 4.44. The number of aromatic hydroxyl groups is 1. The Bertz CT molecular complexity index is 540. The summed E-state index contributed by atoms with van der Waals surface area (Å²) in [5.41, 5.74) is 1.10. The average Bonchev–Trinajstić information content (AvgIpc) is 2.33. The van der Waals surface area contributed by atoms with Gasteiger partial charge < -0.3 is 5.11 Å². The normalized spacial score (nSPS) is 12.4. The van der Waals surface area contributed by atoms with Crippen molar-refractivity contribution in [2.45, 2.75) is 10.6 Å². The molecule has 0 saturated carbocycles. The first-order valence-corrected chi connectivity index (χ1v) is 7.97. The fourth-order valence-corrected chi connectivity index (χ4v) is 3.67. The minimum Gasteiger partial charge on any atom is -0.508 e. The van der Waals surface area contributed by atoms with E-state index in [9.17, 15) is 5.11 Å². The molecular formula is C14H13Cl2OS+. The minimum atomic E-state index is 0.0518. The maximum absolute atomic E-state index is 9.27. The molecule has 2 aromatic carbocycles. The highest BCUT2D eigenvalue weighted by atomic mass is 35.5. The predicted octanol–water partition coefficient (Wildman–Crippen LogP) is 4.51. The highest BCUT2D eigenvalue weighted by Crippen LogP contribution is 2.26. The lowest BCUT2D eigenvalue weighted by Crippen LogP contribution is -2.04. The van der Waals surface area contributed by atoms with Crippen LogP contribution in [0.25, 0.3) is 0 Å². The maximum Gasteiger partial charge on any atom is 0.155 e. The second-order valence-electron chi connectivity index (χ2n) is 4.01. The van der Waals surface area contributed by atoms with Gasteiger partial charge in [0.2, 0.25) is 0 Å². The molecule has 1 nitrogen and oxygen atoms in total. The highest BCUT2D eigenvalue weighted by Gasteiger charge is 2.17. The molecule has 1 N–H and O–H groups in total. The van der Waals surface area contributed by atoms with E-state index in [2.05, 4.69) is 6.26 Å². The van der Waals surface area contributed by atoms with Crippen LogP contribution in [0.2, 0.25) is 10.0 Å². The van der Waals surface area contributed by atoms with E-state index in [-0.39, 0.29) is 10.9 Å². The van der Waals surface area contributed by atoms with Gasteiger partial charge in [0.1, 0.15) is 17.8 Å². The van der Waals surface area contributed by atoms with Gasteiger partial charge in [0.05, 0.1) is 0 Å². The van der Waals surface area contributed by atoms with Gasteiger partial charge in [-0.3, -0.25) is 0 Å².